The van der Waals surface area contributed by atoms with E-state index in [1.807, 2.05) is 29.2 Å². The summed E-state index contributed by atoms with van der Waals surface area (Å²) in [5.41, 5.74) is 1.95. The number of methoxy groups -OCH3 is 1. The maximum absolute atomic E-state index is 12.8. The lowest BCUT2D eigenvalue weighted by atomic mass is 9.97. The van der Waals surface area contributed by atoms with Crippen LogP contribution in [0.25, 0.3) is 11.0 Å². The third kappa shape index (κ3) is 5.20. The molecule has 33 heavy (non-hydrogen) atoms. The number of nitrogens with one attached hydrogen (secondary N) is 1. The molecule has 1 N–H and O–H groups in total. The van der Waals surface area contributed by atoms with Crippen LogP contribution >= 0.6 is 0 Å². The van der Waals surface area contributed by atoms with Gasteiger partial charge in [0.25, 0.3) is 0 Å². The predicted molar refractivity (Wildman–Crippen MR) is 127 cm³/mol. The Morgan fingerprint density at radius 3 is 2.70 bits per heavy atom. The van der Waals surface area contributed by atoms with Crippen molar-refractivity contribution >= 4 is 27.0 Å². The van der Waals surface area contributed by atoms with Gasteiger partial charge >= 0.3 is 0 Å². The summed E-state index contributed by atoms with van der Waals surface area (Å²) in [6.07, 6.45) is 2.71. The van der Waals surface area contributed by atoms with Crippen LogP contribution in [0.1, 0.15) is 37.4 Å². The lowest BCUT2D eigenvalue weighted by molar-refractivity contribution is -0.132. The number of carbonyl (C=O) groups excluding carboxylic acids is 1. The zero-order chi connectivity index (χ0) is 23.4. The Morgan fingerprint density at radius 2 is 1.97 bits per heavy atom. The van der Waals surface area contributed by atoms with Gasteiger partial charge in [-0.05, 0) is 55.7 Å². The number of imidazole rings is 1. The number of aromatic amines is 1. The van der Waals surface area contributed by atoms with E-state index in [1.165, 1.54) is 23.5 Å². The summed E-state index contributed by atoms with van der Waals surface area (Å²) in [6, 6.07) is 14.2. The molecule has 9 heteroatoms. The number of aromatic nitrogens is 2. The van der Waals surface area contributed by atoms with Crippen LogP contribution in [-0.2, 0) is 14.8 Å². The molecule has 8 nitrogen and oxygen atoms in total. The Hall–Kier alpha value is -2.91. The van der Waals surface area contributed by atoms with Crippen LogP contribution < -0.4 is 4.74 Å². The highest BCUT2D eigenvalue weighted by Crippen LogP contribution is 2.27. The number of nitrogens with zero attached hydrogens (tertiary/aromatic N) is 3. The fourth-order valence-electron chi connectivity index (χ4n) is 4.25. The van der Waals surface area contributed by atoms with Crippen molar-refractivity contribution in [1.29, 1.82) is 0 Å². The summed E-state index contributed by atoms with van der Waals surface area (Å²) in [4.78, 5) is 23.0. The van der Waals surface area contributed by atoms with Gasteiger partial charge in [-0.3, -0.25) is 4.79 Å². The van der Waals surface area contributed by atoms with Crippen LogP contribution in [0.2, 0.25) is 0 Å². The first-order valence-electron chi connectivity index (χ1n) is 11.2. The zero-order valence-corrected chi connectivity index (χ0v) is 19.8. The van der Waals surface area contributed by atoms with E-state index in [-0.39, 0.29) is 23.3 Å². The number of hydrogen-bond donors (Lipinski definition) is 1. The fraction of sp³-hybridized carbons (Fsp3) is 0.417. The largest absolute Gasteiger partial charge is 0.497 e. The van der Waals surface area contributed by atoms with Gasteiger partial charge in [-0.1, -0.05) is 12.1 Å². The molecule has 0 aliphatic carbocycles. The zero-order valence-electron chi connectivity index (χ0n) is 19.0. The molecule has 1 aliphatic rings. The lowest BCUT2D eigenvalue weighted by Gasteiger charge is -2.32. The first kappa shape index (κ1) is 23.3. The molecule has 0 spiro atoms. The van der Waals surface area contributed by atoms with Gasteiger partial charge in [0, 0.05) is 39.0 Å². The molecular formula is C24H30N4O4S. The molecular weight excluding hydrogens is 440 g/mol. The number of para-hydroxylation sites is 2. The second-order valence-electron chi connectivity index (χ2n) is 8.42. The summed E-state index contributed by atoms with van der Waals surface area (Å²) < 4.78 is 31.9. The number of carbonyl (C=O) groups is 1. The van der Waals surface area contributed by atoms with Gasteiger partial charge in [0.1, 0.15) is 11.6 Å². The normalized spacial score (nSPS) is 16.9. The van der Waals surface area contributed by atoms with E-state index in [4.69, 9.17) is 9.72 Å². The first-order valence-corrected chi connectivity index (χ1v) is 12.7. The van der Waals surface area contributed by atoms with Gasteiger partial charge in [-0.2, -0.15) is 0 Å². The van der Waals surface area contributed by atoms with Crippen molar-refractivity contribution in [3.8, 4) is 5.75 Å². The highest BCUT2D eigenvalue weighted by molar-refractivity contribution is 7.89. The van der Waals surface area contributed by atoms with Gasteiger partial charge in [-0.15, -0.1) is 0 Å². The van der Waals surface area contributed by atoms with Gasteiger partial charge in [0.05, 0.1) is 23.0 Å². The minimum atomic E-state index is -3.60. The number of amides is 1. The maximum atomic E-state index is 12.8. The summed E-state index contributed by atoms with van der Waals surface area (Å²) >= 11 is 0. The maximum Gasteiger partial charge on any atom is 0.242 e. The summed E-state index contributed by atoms with van der Waals surface area (Å²) in [6.45, 7) is 1.65. The third-order valence-corrected chi connectivity index (χ3v) is 8.07. The Kier molecular flexibility index (Phi) is 6.99. The molecule has 0 unspecified atom stereocenters. The molecule has 1 aromatic heterocycles. The Bertz CT molecular complexity index is 1170. The van der Waals surface area contributed by atoms with Crippen molar-refractivity contribution in [3.05, 3.63) is 54.4 Å². The molecule has 0 radical (unpaired) electrons. The number of rotatable bonds is 8. The molecule has 2 heterocycles. The van der Waals surface area contributed by atoms with Crippen molar-refractivity contribution in [2.75, 3.05) is 33.8 Å². The van der Waals surface area contributed by atoms with E-state index in [0.29, 0.717) is 25.1 Å². The van der Waals surface area contributed by atoms with E-state index in [2.05, 4.69) is 4.98 Å². The minimum Gasteiger partial charge on any atom is -0.497 e. The third-order valence-electron chi connectivity index (χ3n) is 6.20. The molecule has 3 aromatic rings. The number of sulfonamides is 1. The second-order valence-corrected chi connectivity index (χ2v) is 10.5. The first-order chi connectivity index (χ1) is 15.9. The fourth-order valence-corrected chi connectivity index (χ4v) is 5.46. The molecule has 0 saturated carbocycles. The van der Waals surface area contributed by atoms with E-state index in [1.54, 1.807) is 19.2 Å². The average molecular weight is 471 g/mol. The van der Waals surface area contributed by atoms with Crippen LogP contribution in [0.3, 0.4) is 0 Å². The van der Waals surface area contributed by atoms with Crippen molar-refractivity contribution in [2.24, 2.45) is 0 Å². The van der Waals surface area contributed by atoms with Crippen molar-refractivity contribution < 1.29 is 17.9 Å². The molecule has 4 rings (SSSR count). The number of benzene rings is 2. The van der Waals surface area contributed by atoms with Crippen LogP contribution in [0.15, 0.2) is 53.4 Å². The van der Waals surface area contributed by atoms with Gasteiger partial charge in [0.2, 0.25) is 15.9 Å². The van der Waals surface area contributed by atoms with E-state index in [9.17, 15) is 13.2 Å². The standard InChI is InChI=1S/C24H30N4O4S/c1-27(33(30,31)20-13-11-19(32-2)12-14-20)15-6-10-23(29)28-16-5-7-18(17-28)24-25-21-8-3-4-9-22(21)26-24/h3-4,8-9,11-14,18H,5-7,10,15-17H2,1-2H3,(H,25,26)/t18-/m1/s1. The van der Waals surface area contributed by atoms with E-state index < -0.39 is 10.0 Å². The highest BCUT2D eigenvalue weighted by atomic mass is 32.2. The molecule has 2 aromatic carbocycles. The van der Waals surface area contributed by atoms with Crippen molar-refractivity contribution in [2.45, 2.75) is 36.5 Å². The van der Waals surface area contributed by atoms with Crippen molar-refractivity contribution in [3.63, 3.8) is 0 Å². The number of ether oxygens (including phenoxy) is 1. The molecule has 1 aliphatic heterocycles. The number of piperidine rings is 1. The van der Waals surface area contributed by atoms with E-state index in [0.717, 1.165) is 36.2 Å². The minimum absolute atomic E-state index is 0.0612. The Morgan fingerprint density at radius 1 is 1.21 bits per heavy atom. The molecule has 176 valence electrons. The Labute approximate surface area is 194 Å². The van der Waals surface area contributed by atoms with Gasteiger partial charge in [-0.25, -0.2) is 17.7 Å². The smallest absolute Gasteiger partial charge is 0.242 e. The summed E-state index contributed by atoms with van der Waals surface area (Å²) in [5, 5.41) is 0. The average Bonchev–Trinajstić information content (AvgIpc) is 3.28. The number of fused-ring (bicyclic) bond motifs is 1. The number of H-pyrrole nitrogens is 1. The molecule has 1 atom stereocenters. The number of likely N-dealkylation sites (tertiary alicyclic amines) is 1. The SMILES string of the molecule is COc1ccc(S(=O)(=O)N(C)CCCC(=O)N2CCC[C@@H](c3nc4ccccc4[nH]3)C2)cc1. The highest BCUT2D eigenvalue weighted by Gasteiger charge is 2.27. The van der Waals surface area contributed by atoms with E-state index >= 15 is 0 Å². The monoisotopic (exact) mass is 470 g/mol. The quantitative estimate of drug-likeness (QED) is 0.545. The topological polar surface area (TPSA) is 95.6 Å². The van der Waals surface area contributed by atoms with Gasteiger partial charge in [0.15, 0.2) is 0 Å². The van der Waals surface area contributed by atoms with Crippen molar-refractivity contribution in [1.82, 2.24) is 19.2 Å². The molecule has 1 amide bonds. The van der Waals surface area contributed by atoms with Crippen LogP contribution in [0.5, 0.6) is 5.75 Å². The predicted octanol–water partition coefficient (Wildman–Crippen LogP) is 3.38. The Balaban J connectivity index is 1.30. The lowest BCUT2D eigenvalue weighted by Crippen LogP contribution is -2.39. The summed E-state index contributed by atoms with van der Waals surface area (Å²) in [5.74, 6) is 1.78. The van der Waals surface area contributed by atoms with Crippen LogP contribution in [-0.4, -0.2) is 67.3 Å². The van der Waals surface area contributed by atoms with Crippen LogP contribution in [0.4, 0.5) is 0 Å². The molecule has 0 bridgehead atoms. The summed E-state index contributed by atoms with van der Waals surface area (Å²) in [7, 11) is -0.524. The van der Waals surface area contributed by atoms with Crippen LogP contribution in [0, 0.1) is 0 Å². The molecule has 1 saturated heterocycles. The van der Waals surface area contributed by atoms with Gasteiger partial charge < -0.3 is 14.6 Å². The second kappa shape index (κ2) is 9.93. The number of hydrogen-bond acceptors (Lipinski definition) is 5. The molecule has 1 fully saturated rings.